The zero-order chi connectivity index (χ0) is 17.2. The van der Waals surface area contributed by atoms with Crippen molar-refractivity contribution in [3.8, 4) is 0 Å². The fraction of sp³-hybridized carbons (Fsp3) is 0.600. The van der Waals surface area contributed by atoms with Gasteiger partial charge in [0, 0.05) is 23.7 Å². The first-order valence-corrected chi connectivity index (χ1v) is 9.40. The highest BCUT2D eigenvalue weighted by Crippen LogP contribution is 2.30. The molecule has 0 saturated heterocycles. The summed E-state index contributed by atoms with van der Waals surface area (Å²) in [5.41, 5.74) is 1.40. The van der Waals surface area contributed by atoms with Crippen LogP contribution in [-0.4, -0.2) is 18.4 Å². The third-order valence-corrected chi connectivity index (χ3v) is 4.43. The summed E-state index contributed by atoms with van der Waals surface area (Å²) in [5, 5.41) is 5.84. The SMILES string of the molecule is CCCCCCCCCNC(=O)c1ccc(NC(=O)C2CC2)cc1. The average Bonchev–Trinajstić information content (AvgIpc) is 3.43. The van der Waals surface area contributed by atoms with Crippen molar-refractivity contribution in [2.45, 2.75) is 64.7 Å². The van der Waals surface area contributed by atoms with Gasteiger partial charge in [-0.15, -0.1) is 0 Å². The van der Waals surface area contributed by atoms with E-state index in [1.165, 1.54) is 38.5 Å². The molecule has 2 rings (SSSR count). The molecule has 0 heterocycles. The molecular formula is C20H30N2O2. The lowest BCUT2D eigenvalue weighted by Gasteiger charge is -2.07. The monoisotopic (exact) mass is 330 g/mol. The van der Waals surface area contributed by atoms with Crippen LogP contribution in [0.4, 0.5) is 5.69 Å². The topological polar surface area (TPSA) is 58.2 Å². The Kier molecular flexibility index (Phi) is 7.80. The molecular weight excluding hydrogens is 300 g/mol. The minimum atomic E-state index is -0.0407. The zero-order valence-corrected chi connectivity index (χ0v) is 14.8. The molecule has 0 radical (unpaired) electrons. The van der Waals surface area contributed by atoms with Crippen LogP contribution in [0.1, 0.15) is 75.1 Å². The quantitative estimate of drug-likeness (QED) is 0.586. The van der Waals surface area contributed by atoms with Crippen LogP contribution >= 0.6 is 0 Å². The third kappa shape index (κ3) is 6.73. The number of carbonyl (C=O) groups excluding carboxylic acids is 2. The summed E-state index contributed by atoms with van der Waals surface area (Å²) in [5.74, 6) is 0.238. The van der Waals surface area contributed by atoms with Crippen LogP contribution in [0.5, 0.6) is 0 Å². The maximum absolute atomic E-state index is 12.1. The van der Waals surface area contributed by atoms with Crippen molar-refractivity contribution in [2.75, 3.05) is 11.9 Å². The van der Waals surface area contributed by atoms with Crippen molar-refractivity contribution in [2.24, 2.45) is 5.92 Å². The number of carbonyl (C=O) groups is 2. The van der Waals surface area contributed by atoms with Crippen LogP contribution < -0.4 is 10.6 Å². The van der Waals surface area contributed by atoms with Crippen LogP contribution in [0.25, 0.3) is 0 Å². The lowest BCUT2D eigenvalue weighted by molar-refractivity contribution is -0.117. The van der Waals surface area contributed by atoms with Crippen molar-refractivity contribution in [3.05, 3.63) is 29.8 Å². The molecule has 0 aliphatic heterocycles. The summed E-state index contributed by atoms with van der Waals surface area (Å²) in [6.45, 7) is 2.95. The largest absolute Gasteiger partial charge is 0.352 e. The second-order valence-electron chi connectivity index (χ2n) is 6.72. The van der Waals surface area contributed by atoms with Crippen molar-refractivity contribution >= 4 is 17.5 Å². The molecule has 1 aliphatic carbocycles. The Morgan fingerprint density at radius 2 is 1.58 bits per heavy atom. The van der Waals surface area contributed by atoms with E-state index in [0.29, 0.717) is 5.56 Å². The first-order valence-electron chi connectivity index (χ1n) is 9.40. The molecule has 1 fully saturated rings. The van der Waals surface area contributed by atoms with E-state index in [4.69, 9.17) is 0 Å². The molecule has 1 aromatic rings. The number of hydrogen-bond acceptors (Lipinski definition) is 2. The maximum atomic E-state index is 12.1. The highest BCUT2D eigenvalue weighted by Gasteiger charge is 2.29. The number of benzene rings is 1. The fourth-order valence-electron chi connectivity index (χ4n) is 2.68. The van der Waals surface area contributed by atoms with Gasteiger partial charge in [-0.25, -0.2) is 0 Å². The van der Waals surface area contributed by atoms with Crippen molar-refractivity contribution in [1.29, 1.82) is 0 Å². The van der Waals surface area contributed by atoms with Crippen LogP contribution in [0.3, 0.4) is 0 Å². The molecule has 0 bridgehead atoms. The van der Waals surface area contributed by atoms with Crippen molar-refractivity contribution in [3.63, 3.8) is 0 Å². The van der Waals surface area contributed by atoms with Crippen molar-refractivity contribution in [1.82, 2.24) is 5.32 Å². The molecule has 0 aromatic heterocycles. The number of rotatable bonds is 11. The van der Waals surface area contributed by atoms with E-state index in [0.717, 1.165) is 31.5 Å². The van der Waals surface area contributed by atoms with E-state index in [2.05, 4.69) is 17.6 Å². The molecule has 1 saturated carbocycles. The summed E-state index contributed by atoms with van der Waals surface area (Å²) in [6, 6.07) is 7.12. The van der Waals surface area contributed by atoms with Gasteiger partial charge < -0.3 is 10.6 Å². The van der Waals surface area contributed by atoms with Gasteiger partial charge in [0.15, 0.2) is 0 Å². The van der Waals surface area contributed by atoms with Gasteiger partial charge in [0.2, 0.25) is 5.91 Å². The van der Waals surface area contributed by atoms with E-state index >= 15 is 0 Å². The van der Waals surface area contributed by atoms with Gasteiger partial charge in [0.05, 0.1) is 0 Å². The summed E-state index contributed by atoms with van der Waals surface area (Å²) in [7, 11) is 0. The number of nitrogens with one attached hydrogen (secondary N) is 2. The number of amides is 2. The van der Waals surface area contributed by atoms with Crippen LogP contribution in [0.2, 0.25) is 0 Å². The van der Waals surface area contributed by atoms with E-state index in [1.807, 2.05) is 0 Å². The zero-order valence-electron chi connectivity index (χ0n) is 14.8. The number of hydrogen-bond donors (Lipinski definition) is 2. The minimum Gasteiger partial charge on any atom is -0.352 e. The van der Waals surface area contributed by atoms with E-state index < -0.39 is 0 Å². The molecule has 24 heavy (non-hydrogen) atoms. The van der Waals surface area contributed by atoms with Gasteiger partial charge >= 0.3 is 0 Å². The van der Waals surface area contributed by atoms with Crippen LogP contribution in [0.15, 0.2) is 24.3 Å². The molecule has 2 amide bonds. The van der Waals surface area contributed by atoms with Gasteiger partial charge in [-0.3, -0.25) is 9.59 Å². The average molecular weight is 330 g/mol. The third-order valence-electron chi connectivity index (χ3n) is 4.43. The standard InChI is InChI=1S/C20H30N2O2/c1-2-3-4-5-6-7-8-15-21-19(23)16-11-13-18(14-12-16)22-20(24)17-9-10-17/h11-14,17H,2-10,15H2,1H3,(H,21,23)(H,22,24). The molecule has 132 valence electrons. The predicted molar refractivity (Wildman–Crippen MR) is 98.1 cm³/mol. The smallest absolute Gasteiger partial charge is 0.251 e. The molecule has 0 unspecified atom stereocenters. The van der Waals surface area contributed by atoms with E-state index in [1.54, 1.807) is 24.3 Å². The second kappa shape index (κ2) is 10.1. The van der Waals surface area contributed by atoms with Gasteiger partial charge in [-0.2, -0.15) is 0 Å². The van der Waals surface area contributed by atoms with Gasteiger partial charge in [0.1, 0.15) is 0 Å². The Labute approximate surface area is 145 Å². The van der Waals surface area contributed by atoms with E-state index in [-0.39, 0.29) is 17.7 Å². The Morgan fingerprint density at radius 3 is 2.21 bits per heavy atom. The summed E-state index contributed by atoms with van der Waals surface area (Å²) in [6.07, 6.45) is 10.7. The minimum absolute atomic E-state index is 0.0407. The highest BCUT2D eigenvalue weighted by atomic mass is 16.2. The molecule has 4 heteroatoms. The predicted octanol–water partition coefficient (Wildman–Crippen LogP) is 4.52. The Bertz CT molecular complexity index is 521. The van der Waals surface area contributed by atoms with Gasteiger partial charge in [-0.05, 0) is 43.5 Å². The first-order chi connectivity index (χ1) is 11.7. The van der Waals surface area contributed by atoms with Gasteiger partial charge in [-0.1, -0.05) is 45.4 Å². The Hall–Kier alpha value is -1.84. The Balaban J connectivity index is 1.60. The van der Waals surface area contributed by atoms with Crippen LogP contribution in [0, 0.1) is 5.92 Å². The Morgan fingerprint density at radius 1 is 0.958 bits per heavy atom. The maximum Gasteiger partial charge on any atom is 0.251 e. The summed E-state index contributed by atoms with van der Waals surface area (Å²) >= 11 is 0. The van der Waals surface area contributed by atoms with Crippen LogP contribution in [-0.2, 0) is 4.79 Å². The number of unbranched alkanes of at least 4 members (excludes halogenated alkanes) is 6. The second-order valence-corrected chi connectivity index (χ2v) is 6.72. The van der Waals surface area contributed by atoms with Crippen molar-refractivity contribution < 1.29 is 9.59 Å². The lowest BCUT2D eigenvalue weighted by atomic mass is 10.1. The molecule has 0 atom stereocenters. The molecule has 2 N–H and O–H groups in total. The molecule has 1 aliphatic rings. The molecule has 0 spiro atoms. The highest BCUT2D eigenvalue weighted by molar-refractivity contribution is 5.96. The summed E-state index contributed by atoms with van der Waals surface area (Å²) < 4.78 is 0. The molecule has 4 nitrogen and oxygen atoms in total. The summed E-state index contributed by atoms with van der Waals surface area (Å²) in [4.78, 5) is 23.8. The van der Waals surface area contributed by atoms with E-state index in [9.17, 15) is 9.59 Å². The number of anilines is 1. The van der Waals surface area contributed by atoms with Gasteiger partial charge in [0.25, 0.3) is 5.91 Å². The normalized spacial score (nSPS) is 13.5. The first kappa shape index (κ1) is 18.5. The fourth-order valence-corrected chi connectivity index (χ4v) is 2.68. The molecule has 1 aromatic carbocycles. The lowest BCUT2D eigenvalue weighted by Crippen LogP contribution is -2.24.